The summed E-state index contributed by atoms with van der Waals surface area (Å²) in [6.45, 7) is 0. The predicted molar refractivity (Wildman–Crippen MR) is 63.1 cm³/mol. The summed E-state index contributed by atoms with van der Waals surface area (Å²) in [5, 5.41) is 0. The van der Waals surface area contributed by atoms with E-state index in [0.29, 0.717) is 17.0 Å². The van der Waals surface area contributed by atoms with E-state index >= 15 is 0 Å². The van der Waals surface area contributed by atoms with Crippen LogP contribution >= 0.6 is 0 Å². The van der Waals surface area contributed by atoms with Crippen LogP contribution in [0.15, 0.2) is 42.9 Å². The van der Waals surface area contributed by atoms with Crippen molar-refractivity contribution >= 4 is 5.78 Å². The fraction of sp³-hybridized carbons (Fsp3) is 0.154. The van der Waals surface area contributed by atoms with E-state index in [1.165, 1.54) is 0 Å². The standard InChI is InChI=1S/C13H12N2O2/c1-17-12-4-2-3-10(7-12)13(16)8-11-9-14-5-6-15-11/h2-7,9H,8H2,1H3. The second kappa shape index (κ2) is 5.21. The summed E-state index contributed by atoms with van der Waals surface area (Å²) >= 11 is 0. The molecule has 1 aromatic carbocycles. The molecule has 17 heavy (non-hydrogen) atoms. The molecule has 1 heterocycles. The van der Waals surface area contributed by atoms with E-state index in [-0.39, 0.29) is 12.2 Å². The van der Waals surface area contributed by atoms with Crippen molar-refractivity contribution in [3.63, 3.8) is 0 Å². The van der Waals surface area contributed by atoms with Crippen LogP contribution in [0.1, 0.15) is 16.1 Å². The molecule has 4 heteroatoms. The van der Waals surface area contributed by atoms with E-state index in [4.69, 9.17) is 4.74 Å². The van der Waals surface area contributed by atoms with E-state index in [1.54, 1.807) is 50.0 Å². The van der Waals surface area contributed by atoms with Gasteiger partial charge in [0, 0.05) is 24.2 Å². The van der Waals surface area contributed by atoms with Crippen molar-refractivity contribution in [2.45, 2.75) is 6.42 Å². The largest absolute Gasteiger partial charge is 0.497 e. The number of ether oxygens (including phenoxy) is 1. The number of ketones is 1. The lowest BCUT2D eigenvalue weighted by Crippen LogP contribution is -2.05. The molecule has 0 saturated heterocycles. The van der Waals surface area contributed by atoms with Gasteiger partial charge in [-0.2, -0.15) is 0 Å². The van der Waals surface area contributed by atoms with Gasteiger partial charge in [-0.1, -0.05) is 12.1 Å². The molecule has 0 amide bonds. The van der Waals surface area contributed by atoms with Gasteiger partial charge in [0.15, 0.2) is 5.78 Å². The molecule has 0 unspecified atom stereocenters. The van der Waals surface area contributed by atoms with E-state index in [1.807, 2.05) is 0 Å². The number of hydrogen-bond acceptors (Lipinski definition) is 4. The van der Waals surface area contributed by atoms with E-state index in [2.05, 4.69) is 9.97 Å². The lowest BCUT2D eigenvalue weighted by Gasteiger charge is -2.03. The Kier molecular flexibility index (Phi) is 3.45. The quantitative estimate of drug-likeness (QED) is 0.750. The van der Waals surface area contributed by atoms with Crippen LogP contribution in [0.4, 0.5) is 0 Å². The van der Waals surface area contributed by atoms with Crippen molar-refractivity contribution in [3.8, 4) is 5.75 Å². The highest BCUT2D eigenvalue weighted by molar-refractivity contribution is 5.97. The van der Waals surface area contributed by atoms with Crippen LogP contribution in [0, 0.1) is 0 Å². The summed E-state index contributed by atoms with van der Waals surface area (Å²) in [7, 11) is 1.58. The molecule has 0 N–H and O–H groups in total. The normalized spacial score (nSPS) is 9.94. The smallest absolute Gasteiger partial charge is 0.169 e. The lowest BCUT2D eigenvalue weighted by molar-refractivity contribution is 0.0991. The Morgan fingerprint density at radius 1 is 1.35 bits per heavy atom. The first kappa shape index (κ1) is 11.3. The van der Waals surface area contributed by atoms with E-state index < -0.39 is 0 Å². The molecule has 2 aromatic rings. The molecule has 2 rings (SSSR count). The zero-order valence-electron chi connectivity index (χ0n) is 9.46. The van der Waals surface area contributed by atoms with Crippen LogP contribution in [0.3, 0.4) is 0 Å². The van der Waals surface area contributed by atoms with Gasteiger partial charge in [0.25, 0.3) is 0 Å². The molecule has 0 spiro atoms. The monoisotopic (exact) mass is 228 g/mol. The first-order chi connectivity index (χ1) is 8.29. The van der Waals surface area contributed by atoms with Crippen LogP contribution in [-0.2, 0) is 6.42 Å². The van der Waals surface area contributed by atoms with Crippen molar-refractivity contribution in [1.82, 2.24) is 9.97 Å². The van der Waals surface area contributed by atoms with Crippen LogP contribution in [0.2, 0.25) is 0 Å². The molecule has 0 bridgehead atoms. The van der Waals surface area contributed by atoms with Gasteiger partial charge in [-0.05, 0) is 12.1 Å². The lowest BCUT2D eigenvalue weighted by atomic mass is 10.1. The van der Waals surface area contributed by atoms with Gasteiger partial charge in [0.2, 0.25) is 0 Å². The van der Waals surface area contributed by atoms with E-state index in [9.17, 15) is 4.79 Å². The number of benzene rings is 1. The number of aromatic nitrogens is 2. The number of rotatable bonds is 4. The molecule has 0 atom stereocenters. The average Bonchev–Trinajstić information content (AvgIpc) is 2.40. The van der Waals surface area contributed by atoms with Gasteiger partial charge in [-0.25, -0.2) is 0 Å². The Morgan fingerprint density at radius 2 is 2.24 bits per heavy atom. The second-order valence-electron chi connectivity index (χ2n) is 3.53. The number of Topliss-reactive ketones (excluding diaryl/α,β-unsaturated/α-hetero) is 1. The number of carbonyl (C=O) groups is 1. The second-order valence-corrected chi connectivity index (χ2v) is 3.53. The summed E-state index contributed by atoms with van der Waals surface area (Å²) in [4.78, 5) is 20.0. The Morgan fingerprint density at radius 3 is 2.94 bits per heavy atom. The first-order valence-electron chi connectivity index (χ1n) is 5.22. The van der Waals surface area contributed by atoms with Gasteiger partial charge in [-0.15, -0.1) is 0 Å². The van der Waals surface area contributed by atoms with Crippen LogP contribution in [0.5, 0.6) is 5.75 Å². The first-order valence-corrected chi connectivity index (χ1v) is 5.22. The predicted octanol–water partition coefficient (Wildman–Crippen LogP) is 1.91. The molecule has 0 saturated carbocycles. The average molecular weight is 228 g/mol. The zero-order valence-corrected chi connectivity index (χ0v) is 9.46. The maximum absolute atomic E-state index is 12.0. The summed E-state index contributed by atoms with van der Waals surface area (Å²) in [6, 6.07) is 7.09. The third kappa shape index (κ3) is 2.87. The maximum Gasteiger partial charge on any atom is 0.169 e. The SMILES string of the molecule is COc1cccc(C(=O)Cc2cnccn2)c1. The third-order valence-corrected chi connectivity index (χ3v) is 2.35. The van der Waals surface area contributed by atoms with Crippen LogP contribution in [0.25, 0.3) is 0 Å². The summed E-state index contributed by atoms with van der Waals surface area (Å²) in [5.74, 6) is 0.680. The highest BCUT2D eigenvalue weighted by Gasteiger charge is 2.08. The summed E-state index contributed by atoms with van der Waals surface area (Å²) in [6.07, 6.45) is 5.01. The van der Waals surface area contributed by atoms with Gasteiger partial charge in [0.05, 0.1) is 19.2 Å². The highest BCUT2D eigenvalue weighted by Crippen LogP contribution is 2.14. The number of carbonyl (C=O) groups excluding carboxylic acids is 1. The fourth-order valence-corrected chi connectivity index (χ4v) is 1.48. The number of nitrogens with zero attached hydrogens (tertiary/aromatic N) is 2. The van der Waals surface area contributed by atoms with Crippen LogP contribution < -0.4 is 4.74 Å². The van der Waals surface area contributed by atoms with Gasteiger partial charge < -0.3 is 4.74 Å². The fourth-order valence-electron chi connectivity index (χ4n) is 1.48. The summed E-state index contributed by atoms with van der Waals surface area (Å²) in [5.41, 5.74) is 1.29. The van der Waals surface area contributed by atoms with Crippen molar-refractivity contribution in [2.75, 3.05) is 7.11 Å². The molecular weight excluding hydrogens is 216 g/mol. The molecule has 0 aliphatic carbocycles. The Hall–Kier alpha value is -2.23. The molecule has 4 nitrogen and oxygen atoms in total. The maximum atomic E-state index is 12.0. The highest BCUT2D eigenvalue weighted by atomic mass is 16.5. The van der Waals surface area contributed by atoms with Crippen molar-refractivity contribution in [1.29, 1.82) is 0 Å². The van der Waals surface area contributed by atoms with Crippen molar-refractivity contribution < 1.29 is 9.53 Å². The third-order valence-electron chi connectivity index (χ3n) is 2.35. The Bertz CT molecular complexity index is 512. The molecular formula is C13H12N2O2. The minimum absolute atomic E-state index is 0.00407. The number of methoxy groups -OCH3 is 1. The Labute approximate surface area is 99.3 Å². The molecule has 86 valence electrons. The topological polar surface area (TPSA) is 52.1 Å². The minimum Gasteiger partial charge on any atom is -0.497 e. The van der Waals surface area contributed by atoms with Gasteiger partial charge in [0.1, 0.15) is 5.75 Å². The number of hydrogen-bond donors (Lipinski definition) is 0. The molecule has 0 fully saturated rings. The van der Waals surface area contributed by atoms with Gasteiger partial charge >= 0.3 is 0 Å². The summed E-state index contributed by atoms with van der Waals surface area (Å²) < 4.78 is 5.08. The van der Waals surface area contributed by atoms with E-state index in [0.717, 1.165) is 0 Å². The van der Waals surface area contributed by atoms with Crippen molar-refractivity contribution in [2.24, 2.45) is 0 Å². The van der Waals surface area contributed by atoms with Crippen LogP contribution in [-0.4, -0.2) is 22.9 Å². The molecule has 0 aliphatic heterocycles. The van der Waals surface area contributed by atoms with Gasteiger partial charge in [-0.3, -0.25) is 14.8 Å². The minimum atomic E-state index is 0.00407. The zero-order chi connectivity index (χ0) is 12.1. The van der Waals surface area contributed by atoms with Crippen molar-refractivity contribution in [3.05, 3.63) is 54.1 Å². The molecule has 1 aromatic heterocycles. The molecule has 0 radical (unpaired) electrons. The molecule has 0 aliphatic rings. The Balaban J connectivity index is 2.14.